The molecule has 0 bridgehead atoms. The number of imidazole rings is 1. The van der Waals surface area contributed by atoms with Crippen molar-refractivity contribution in [2.75, 3.05) is 5.32 Å². The second-order valence-electron chi connectivity index (χ2n) is 5.33. The van der Waals surface area contributed by atoms with Crippen LogP contribution in [0.4, 0.5) is 11.6 Å². The van der Waals surface area contributed by atoms with Crippen molar-refractivity contribution in [3.8, 4) is 5.88 Å². The van der Waals surface area contributed by atoms with Gasteiger partial charge in [0.1, 0.15) is 17.0 Å². The van der Waals surface area contributed by atoms with E-state index in [9.17, 15) is 5.11 Å². The molecule has 3 heterocycles. The van der Waals surface area contributed by atoms with E-state index in [1.807, 2.05) is 36.6 Å². The largest absolute Gasteiger partial charge is 0.492 e. The average Bonchev–Trinajstić information content (AvgIpc) is 3.26. The highest BCUT2D eigenvalue weighted by atomic mass is 32.1. The van der Waals surface area contributed by atoms with Gasteiger partial charge in [-0.25, -0.2) is 15.0 Å². The first-order valence-corrected chi connectivity index (χ1v) is 8.21. The van der Waals surface area contributed by atoms with E-state index in [0.717, 1.165) is 27.0 Å². The highest BCUT2D eigenvalue weighted by Crippen LogP contribution is 2.18. The lowest BCUT2D eigenvalue weighted by atomic mass is 10.2. The van der Waals surface area contributed by atoms with E-state index in [0.29, 0.717) is 18.2 Å². The van der Waals surface area contributed by atoms with Crippen molar-refractivity contribution in [2.24, 2.45) is 9.98 Å². The minimum absolute atomic E-state index is 0.0542. The van der Waals surface area contributed by atoms with Crippen LogP contribution in [0.15, 0.2) is 33.6 Å². The molecule has 1 aliphatic heterocycles. The van der Waals surface area contributed by atoms with Crippen LogP contribution in [0.3, 0.4) is 0 Å². The lowest BCUT2D eigenvalue weighted by Crippen LogP contribution is -2.07. The Kier molecular flexibility index (Phi) is 3.58. The van der Waals surface area contributed by atoms with Gasteiger partial charge in [0.2, 0.25) is 11.8 Å². The Labute approximate surface area is 141 Å². The molecule has 3 N–H and O–H groups in total. The van der Waals surface area contributed by atoms with Crippen LogP contribution in [-0.2, 0) is 6.54 Å². The molecule has 0 saturated carbocycles. The molecule has 120 valence electrons. The van der Waals surface area contributed by atoms with Gasteiger partial charge in [-0.2, -0.15) is 4.98 Å². The number of anilines is 1. The van der Waals surface area contributed by atoms with Crippen LogP contribution in [0.2, 0.25) is 0 Å². The molecular weight excluding hydrogens is 324 g/mol. The Balaban J connectivity index is 1.56. The van der Waals surface area contributed by atoms with Crippen molar-refractivity contribution in [2.45, 2.75) is 13.5 Å². The number of hydrogen-bond acceptors (Lipinski definition) is 7. The number of benzene rings is 1. The van der Waals surface area contributed by atoms with Gasteiger partial charge in [-0.3, -0.25) is 0 Å². The topological polar surface area (TPSA) is 98.5 Å². The predicted octanol–water partition coefficient (Wildman–Crippen LogP) is 1.61. The maximum atomic E-state index is 10.0. The van der Waals surface area contributed by atoms with Gasteiger partial charge in [-0.15, -0.1) is 11.3 Å². The summed E-state index contributed by atoms with van der Waals surface area (Å²) in [5.74, 6) is 0.447. The Hall–Kier alpha value is -3.00. The number of fused-ring (bicyclic) bond motifs is 1. The summed E-state index contributed by atoms with van der Waals surface area (Å²) in [6, 6.07) is 5.72. The van der Waals surface area contributed by atoms with Gasteiger partial charge in [-0.1, -0.05) is 6.07 Å². The van der Waals surface area contributed by atoms with E-state index in [1.165, 1.54) is 6.34 Å². The SMILES string of the molecule is Cc1csc(CNc2nc(O)c(C=c3ccc4c(c3)N=CN=4)[nH]2)n1. The number of hydrogen-bond donors (Lipinski definition) is 3. The van der Waals surface area contributed by atoms with E-state index in [1.54, 1.807) is 11.3 Å². The van der Waals surface area contributed by atoms with E-state index >= 15 is 0 Å². The fourth-order valence-corrected chi connectivity index (χ4v) is 3.08. The molecule has 8 heteroatoms. The summed E-state index contributed by atoms with van der Waals surface area (Å²) in [6.07, 6.45) is 3.35. The Morgan fingerprint density at radius 3 is 3.08 bits per heavy atom. The molecular formula is C16H14N6OS. The van der Waals surface area contributed by atoms with E-state index in [2.05, 4.69) is 30.3 Å². The first-order valence-electron chi connectivity index (χ1n) is 7.33. The number of nitrogens with one attached hydrogen (secondary N) is 2. The monoisotopic (exact) mass is 338 g/mol. The molecule has 1 aromatic carbocycles. The number of thiazole rings is 1. The number of rotatable bonds is 4. The van der Waals surface area contributed by atoms with Crippen molar-refractivity contribution in [1.82, 2.24) is 15.0 Å². The molecule has 2 aromatic heterocycles. The Morgan fingerprint density at radius 2 is 2.25 bits per heavy atom. The molecule has 0 radical (unpaired) electrons. The molecule has 0 spiro atoms. The summed E-state index contributed by atoms with van der Waals surface area (Å²) in [6.45, 7) is 2.51. The van der Waals surface area contributed by atoms with Crippen LogP contribution in [0.1, 0.15) is 16.4 Å². The van der Waals surface area contributed by atoms with Crippen LogP contribution < -0.4 is 15.9 Å². The van der Waals surface area contributed by atoms with E-state index in [-0.39, 0.29) is 5.88 Å². The third kappa shape index (κ3) is 2.91. The third-order valence-corrected chi connectivity index (χ3v) is 4.46. The van der Waals surface area contributed by atoms with Crippen molar-refractivity contribution in [3.63, 3.8) is 0 Å². The molecule has 7 nitrogen and oxygen atoms in total. The molecule has 3 aromatic rings. The Bertz CT molecular complexity index is 1050. The van der Waals surface area contributed by atoms with Crippen molar-refractivity contribution >= 4 is 35.4 Å². The van der Waals surface area contributed by atoms with Crippen molar-refractivity contribution < 1.29 is 5.11 Å². The number of nitrogens with zero attached hydrogens (tertiary/aromatic N) is 4. The third-order valence-electron chi connectivity index (χ3n) is 3.49. The lowest BCUT2D eigenvalue weighted by molar-refractivity contribution is 0.455. The van der Waals surface area contributed by atoms with Gasteiger partial charge >= 0.3 is 0 Å². The number of aromatic amines is 1. The molecule has 0 saturated heterocycles. The first kappa shape index (κ1) is 14.6. The number of aliphatic imine (C=N–C) groups is 1. The number of aryl methyl sites for hydroxylation is 1. The van der Waals surface area contributed by atoms with Gasteiger partial charge in [0.15, 0.2) is 0 Å². The molecule has 0 unspecified atom stereocenters. The summed E-state index contributed by atoms with van der Waals surface area (Å²) < 4.78 is 0. The molecule has 0 aliphatic carbocycles. The summed E-state index contributed by atoms with van der Waals surface area (Å²) in [4.78, 5) is 19.8. The van der Waals surface area contributed by atoms with Crippen molar-refractivity contribution in [3.05, 3.63) is 50.6 Å². The van der Waals surface area contributed by atoms with Gasteiger partial charge < -0.3 is 15.4 Å². The summed E-state index contributed by atoms with van der Waals surface area (Å²) in [7, 11) is 0. The zero-order valence-electron chi connectivity index (χ0n) is 12.8. The standard InChI is InChI=1S/C16H14N6OS/c1-9-7-24-14(20-9)6-17-16-21-13(15(23)22-16)5-10-2-3-11-12(4-10)19-8-18-11/h2-5,7-8,23H,6H2,1H3,(H2,17,21,22). The zero-order valence-corrected chi connectivity index (χ0v) is 13.6. The molecule has 0 atom stereocenters. The average molecular weight is 338 g/mol. The predicted molar refractivity (Wildman–Crippen MR) is 93.4 cm³/mol. The van der Waals surface area contributed by atoms with E-state index < -0.39 is 0 Å². The molecule has 0 fully saturated rings. The maximum Gasteiger partial charge on any atom is 0.238 e. The smallest absolute Gasteiger partial charge is 0.238 e. The minimum atomic E-state index is -0.0542. The summed E-state index contributed by atoms with van der Waals surface area (Å²) >= 11 is 1.59. The highest BCUT2D eigenvalue weighted by Gasteiger charge is 2.08. The summed E-state index contributed by atoms with van der Waals surface area (Å²) in [5.41, 5.74) is 2.35. The number of aromatic hydroxyl groups is 1. The fourth-order valence-electron chi connectivity index (χ4n) is 2.37. The Morgan fingerprint density at radius 1 is 1.33 bits per heavy atom. The quantitative estimate of drug-likeness (QED) is 0.673. The van der Waals surface area contributed by atoms with Gasteiger partial charge in [0.05, 0.1) is 17.6 Å². The van der Waals surface area contributed by atoms with Crippen LogP contribution in [0, 0.1) is 6.92 Å². The second-order valence-corrected chi connectivity index (χ2v) is 6.27. The lowest BCUT2D eigenvalue weighted by Gasteiger charge is -1.98. The summed E-state index contributed by atoms with van der Waals surface area (Å²) in [5, 5.41) is 17.9. The fraction of sp³-hybridized carbons (Fsp3) is 0.125. The van der Waals surface area contributed by atoms with Crippen molar-refractivity contribution in [1.29, 1.82) is 0 Å². The van der Waals surface area contributed by atoms with Gasteiger partial charge in [0, 0.05) is 11.1 Å². The first-order chi connectivity index (χ1) is 11.7. The second kappa shape index (κ2) is 5.89. The maximum absolute atomic E-state index is 10.0. The van der Waals surface area contributed by atoms with Crippen LogP contribution in [0.5, 0.6) is 5.88 Å². The molecule has 24 heavy (non-hydrogen) atoms. The molecule has 1 aliphatic rings. The zero-order chi connectivity index (χ0) is 16.5. The molecule has 4 rings (SSSR count). The normalized spacial score (nSPS) is 13.1. The number of H-pyrrole nitrogens is 1. The van der Waals surface area contributed by atoms with Crippen LogP contribution in [0.25, 0.3) is 6.08 Å². The van der Waals surface area contributed by atoms with Crippen LogP contribution in [-0.4, -0.2) is 26.4 Å². The van der Waals surface area contributed by atoms with Gasteiger partial charge in [0.25, 0.3) is 0 Å². The van der Waals surface area contributed by atoms with Gasteiger partial charge in [-0.05, 0) is 30.4 Å². The highest BCUT2D eigenvalue weighted by molar-refractivity contribution is 7.09. The van der Waals surface area contributed by atoms with Crippen LogP contribution >= 0.6 is 11.3 Å². The minimum Gasteiger partial charge on any atom is -0.492 e. The number of aromatic nitrogens is 3. The van der Waals surface area contributed by atoms with E-state index in [4.69, 9.17) is 0 Å². The molecule has 0 amide bonds.